The Bertz CT molecular complexity index is 252. The van der Waals surface area contributed by atoms with Crippen LogP contribution < -0.4 is 0 Å². The van der Waals surface area contributed by atoms with E-state index in [9.17, 15) is 5.11 Å². The Morgan fingerprint density at radius 2 is 2.06 bits per heavy atom. The highest BCUT2D eigenvalue weighted by molar-refractivity contribution is 5.03. The summed E-state index contributed by atoms with van der Waals surface area (Å²) in [5.74, 6) is 4.06. The third kappa shape index (κ3) is 2.78. The summed E-state index contributed by atoms with van der Waals surface area (Å²) >= 11 is 0. The molecule has 0 aliphatic heterocycles. The number of terminal acetylenes is 1. The standard InChI is InChI=1S/C14H24O2/c1-6-9(3)14(15)12-8-11(12)10(4)13(7-2)16-5/h1,9-15H,7-8H2,2-5H3/t9-,10-,11+,12-,13-,14-/m0/s1. The molecule has 2 nitrogen and oxygen atoms in total. The van der Waals surface area contributed by atoms with Crippen molar-refractivity contribution >= 4 is 0 Å². The summed E-state index contributed by atoms with van der Waals surface area (Å²) in [6.07, 6.45) is 7.43. The Hall–Kier alpha value is -0.520. The molecule has 1 fully saturated rings. The number of aliphatic hydroxyl groups excluding tert-OH is 1. The van der Waals surface area contributed by atoms with Crippen LogP contribution in [0.2, 0.25) is 0 Å². The number of aliphatic hydroxyl groups is 1. The minimum Gasteiger partial charge on any atom is -0.392 e. The molecule has 0 unspecified atom stereocenters. The molecular weight excluding hydrogens is 200 g/mol. The fourth-order valence-electron chi connectivity index (χ4n) is 2.73. The van der Waals surface area contributed by atoms with Gasteiger partial charge in [-0.05, 0) is 37.5 Å². The minimum atomic E-state index is -0.341. The van der Waals surface area contributed by atoms with Gasteiger partial charge >= 0.3 is 0 Å². The lowest BCUT2D eigenvalue weighted by atomic mass is 9.92. The molecule has 6 atom stereocenters. The summed E-state index contributed by atoms with van der Waals surface area (Å²) in [6, 6.07) is 0. The zero-order chi connectivity index (χ0) is 12.3. The molecule has 0 aromatic rings. The summed E-state index contributed by atoms with van der Waals surface area (Å²) in [4.78, 5) is 0. The first-order chi connectivity index (χ1) is 7.56. The van der Waals surface area contributed by atoms with Crippen LogP contribution in [-0.2, 0) is 4.74 Å². The maximum Gasteiger partial charge on any atom is 0.0705 e. The molecule has 1 aliphatic rings. The highest BCUT2D eigenvalue weighted by Gasteiger charge is 2.48. The van der Waals surface area contributed by atoms with Gasteiger partial charge in [0, 0.05) is 13.0 Å². The van der Waals surface area contributed by atoms with E-state index in [0.29, 0.717) is 23.9 Å². The summed E-state index contributed by atoms with van der Waals surface area (Å²) in [5, 5.41) is 10.0. The van der Waals surface area contributed by atoms with Crippen molar-refractivity contribution in [2.75, 3.05) is 7.11 Å². The maximum absolute atomic E-state index is 10.0. The average Bonchev–Trinajstić information content (AvgIpc) is 3.08. The Morgan fingerprint density at radius 1 is 1.44 bits per heavy atom. The number of rotatable bonds is 6. The monoisotopic (exact) mass is 224 g/mol. The third-order valence-corrected chi connectivity index (χ3v) is 4.07. The van der Waals surface area contributed by atoms with Gasteiger partial charge in [0.2, 0.25) is 0 Å². The molecule has 1 N–H and O–H groups in total. The predicted molar refractivity (Wildman–Crippen MR) is 65.9 cm³/mol. The van der Waals surface area contributed by atoms with Crippen molar-refractivity contribution in [3.8, 4) is 12.3 Å². The van der Waals surface area contributed by atoms with Gasteiger partial charge in [-0.1, -0.05) is 13.8 Å². The van der Waals surface area contributed by atoms with E-state index in [1.54, 1.807) is 7.11 Å². The lowest BCUT2D eigenvalue weighted by Crippen LogP contribution is -2.25. The van der Waals surface area contributed by atoms with Crippen LogP contribution in [0.4, 0.5) is 0 Å². The van der Waals surface area contributed by atoms with Gasteiger partial charge in [-0.3, -0.25) is 0 Å². The van der Waals surface area contributed by atoms with E-state index >= 15 is 0 Å². The second-order valence-electron chi connectivity index (χ2n) is 5.05. The van der Waals surface area contributed by atoms with Crippen LogP contribution in [0.15, 0.2) is 0 Å². The van der Waals surface area contributed by atoms with Gasteiger partial charge in [-0.15, -0.1) is 12.3 Å². The molecule has 0 saturated heterocycles. The zero-order valence-electron chi connectivity index (χ0n) is 10.8. The van der Waals surface area contributed by atoms with Crippen LogP contribution >= 0.6 is 0 Å². The first kappa shape index (κ1) is 13.5. The fourth-order valence-corrected chi connectivity index (χ4v) is 2.73. The molecule has 1 saturated carbocycles. The second kappa shape index (κ2) is 5.70. The summed E-state index contributed by atoms with van der Waals surface area (Å²) in [6.45, 7) is 6.27. The molecule has 1 rings (SSSR count). The maximum atomic E-state index is 10.0. The van der Waals surface area contributed by atoms with Crippen molar-refractivity contribution in [3.05, 3.63) is 0 Å². The van der Waals surface area contributed by atoms with E-state index < -0.39 is 0 Å². The van der Waals surface area contributed by atoms with Crippen molar-refractivity contribution in [2.45, 2.75) is 45.8 Å². The van der Waals surface area contributed by atoms with Gasteiger partial charge in [-0.25, -0.2) is 0 Å². The molecule has 0 amide bonds. The van der Waals surface area contributed by atoms with Gasteiger partial charge in [0.25, 0.3) is 0 Å². The SMILES string of the molecule is C#C[C@H](C)[C@H](O)[C@H]1C[C@@H]1[C@H](C)[C@H](CC)OC. The molecule has 2 heteroatoms. The minimum absolute atomic E-state index is 0.0372. The Labute approximate surface area is 99.4 Å². The molecule has 0 spiro atoms. The van der Waals surface area contributed by atoms with Crippen molar-refractivity contribution in [3.63, 3.8) is 0 Å². The van der Waals surface area contributed by atoms with Gasteiger partial charge in [0.15, 0.2) is 0 Å². The molecule has 0 aromatic carbocycles. The van der Waals surface area contributed by atoms with E-state index in [0.717, 1.165) is 12.8 Å². The van der Waals surface area contributed by atoms with Crippen LogP contribution in [0.25, 0.3) is 0 Å². The third-order valence-electron chi connectivity index (χ3n) is 4.07. The van der Waals surface area contributed by atoms with E-state index in [1.807, 2.05) is 6.92 Å². The zero-order valence-corrected chi connectivity index (χ0v) is 10.8. The lowest BCUT2D eigenvalue weighted by molar-refractivity contribution is 0.0369. The van der Waals surface area contributed by atoms with Crippen LogP contribution in [0.3, 0.4) is 0 Å². The first-order valence-corrected chi connectivity index (χ1v) is 6.23. The normalized spacial score (nSPS) is 31.2. The van der Waals surface area contributed by atoms with Gasteiger partial charge in [0.05, 0.1) is 12.2 Å². The van der Waals surface area contributed by atoms with Crippen LogP contribution in [-0.4, -0.2) is 24.4 Å². The molecule has 92 valence electrons. The number of hydrogen-bond acceptors (Lipinski definition) is 2. The Balaban J connectivity index is 2.47. The van der Waals surface area contributed by atoms with E-state index in [4.69, 9.17) is 11.2 Å². The summed E-state index contributed by atoms with van der Waals surface area (Å²) < 4.78 is 5.46. The van der Waals surface area contributed by atoms with E-state index in [2.05, 4.69) is 19.8 Å². The molecule has 16 heavy (non-hydrogen) atoms. The van der Waals surface area contributed by atoms with Crippen molar-refractivity contribution in [1.29, 1.82) is 0 Å². The average molecular weight is 224 g/mol. The number of hydrogen-bond donors (Lipinski definition) is 1. The quantitative estimate of drug-likeness (QED) is 0.702. The second-order valence-corrected chi connectivity index (χ2v) is 5.05. The first-order valence-electron chi connectivity index (χ1n) is 6.23. The lowest BCUT2D eigenvalue weighted by Gasteiger charge is -2.22. The molecule has 1 aliphatic carbocycles. The molecule has 0 radical (unpaired) electrons. The molecular formula is C14H24O2. The highest BCUT2D eigenvalue weighted by atomic mass is 16.5. The van der Waals surface area contributed by atoms with Crippen molar-refractivity contribution < 1.29 is 9.84 Å². The van der Waals surface area contributed by atoms with Crippen LogP contribution in [0.5, 0.6) is 0 Å². The Morgan fingerprint density at radius 3 is 2.50 bits per heavy atom. The van der Waals surface area contributed by atoms with E-state index in [-0.39, 0.29) is 12.0 Å². The van der Waals surface area contributed by atoms with Gasteiger partial charge in [0.1, 0.15) is 0 Å². The number of ether oxygens (including phenoxy) is 1. The van der Waals surface area contributed by atoms with Crippen molar-refractivity contribution in [2.24, 2.45) is 23.7 Å². The molecule has 0 bridgehead atoms. The summed E-state index contributed by atoms with van der Waals surface area (Å²) in [7, 11) is 1.77. The van der Waals surface area contributed by atoms with Crippen molar-refractivity contribution in [1.82, 2.24) is 0 Å². The van der Waals surface area contributed by atoms with Gasteiger partial charge < -0.3 is 9.84 Å². The highest BCUT2D eigenvalue weighted by Crippen LogP contribution is 2.49. The predicted octanol–water partition coefficient (Wildman–Crippen LogP) is 2.31. The van der Waals surface area contributed by atoms with E-state index in [1.165, 1.54) is 0 Å². The Kier molecular flexibility index (Phi) is 4.83. The van der Waals surface area contributed by atoms with Gasteiger partial charge in [-0.2, -0.15) is 0 Å². The number of methoxy groups -OCH3 is 1. The smallest absolute Gasteiger partial charge is 0.0705 e. The van der Waals surface area contributed by atoms with Crippen LogP contribution in [0, 0.1) is 36.0 Å². The molecule has 0 aromatic heterocycles. The summed E-state index contributed by atoms with van der Waals surface area (Å²) in [5.41, 5.74) is 0. The topological polar surface area (TPSA) is 29.5 Å². The van der Waals surface area contributed by atoms with Crippen LogP contribution in [0.1, 0.15) is 33.6 Å². The molecule has 0 heterocycles. The fraction of sp³-hybridized carbons (Fsp3) is 0.857. The largest absolute Gasteiger partial charge is 0.392 e.